The molecule has 3 rings (SSSR count). The first kappa shape index (κ1) is 20.5. The van der Waals surface area contributed by atoms with Crippen LogP contribution in [-0.4, -0.2) is 24.1 Å². The van der Waals surface area contributed by atoms with Gasteiger partial charge >= 0.3 is 12.1 Å². The van der Waals surface area contributed by atoms with Crippen molar-refractivity contribution in [2.45, 2.75) is 19.0 Å². The van der Waals surface area contributed by atoms with Crippen molar-refractivity contribution < 1.29 is 37.3 Å². The zero-order chi connectivity index (χ0) is 21.2. The molecule has 154 valence electrons. The minimum Gasteiger partial charge on any atom is -0.497 e. The van der Waals surface area contributed by atoms with Crippen LogP contribution < -0.4 is 14.8 Å². The van der Waals surface area contributed by atoms with Crippen LogP contribution >= 0.6 is 0 Å². The molecule has 2 atom stereocenters. The van der Waals surface area contributed by atoms with Gasteiger partial charge in [0, 0.05) is 6.07 Å². The number of amides is 1. The molecule has 1 fully saturated rings. The van der Waals surface area contributed by atoms with E-state index in [0.717, 1.165) is 18.2 Å². The predicted molar refractivity (Wildman–Crippen MR) is 97.0 cm³/mol. The van der Waals surface area contributed by atoms with Crippen molar-refractivity contribution in [2.75, 3.05) is 12.4 Å². The Bertz CT molecular complexity index is 911. The molecule has 1 saturated carbocycles. The summed E-state index contributed by atoms with van der Waals surface area (Å²) in [7, 11) is 1.50. The van der Waals surface area contributed by atoms with E-state index in [0.29, 0.717) is 24.3 Å². The minimum atomic E-state index is -4.70. The Balaban J connectivity index is 1.83. The van der Waals surface area contributed by atoms with Crippen molar-refractivity contribution in [3.63, 3.8) is 0 Å². The standard InChI is InChI=1S/C20H18F3NO5/c1-28-11-2-4-12(5-3-11)29-13-6-9-16(20(21,22)23)17(10-13)24-18(25)14-7-8-15(14)19(26)27/h2-6,9-10,14-15H,7-8H2,1H3,(H,24,25)(H,26,27). The van der Waals surface area contributed by atoms with E-state index in [1.54, 1.807) is 24.3 Å². The zero-order valence-corrected chi connectivity index (χ0v) is 15.3. The number of nitrogens with one attached hydrogen (secondary N) is 1. The molecule has 0 saturated heterocycles. The van der Waals surface area contributed by atoms with E-state index in [-0.39, 0.29) is 5.75 Å². The summed E-state index contributed by atoms with van der Waals surface area (Å²) in [5, 5.41) is 11.3. The van der Waals surface area contributed by atoms with Gasteiger partial charge in [0.25, 0.3) is 0 Å². The molecular formula is C20H18F3NO5. The zero-order valence-electron chi connectivity index (χ0n) is 15.3. The summed E-state index contributed by atoms with van der Waals surface area (Å²) in [6.07, 6.45) is -4.07. The van der Waals surface area contributed by atoms with Gasteiger partial charge in [-0.2, -0.15) is 13.2 Å². The summed E-state index contributed by atoms with van der Waals surface area (Å²) in [5.74, 6) is -2.59. The van der Waals surface area contributed by atoms with Crippen LogP contribution in [0.3, 0.4) is 0 Å². The third-order valence-electron chi connectivity index (χ3n) is 4.78. The number of carboxylic acid groups (broad SMARTS) is 1. The number of aliphatic carboxylic acids is 1. The highest BCUT2D eigenvalue weighted by molar-refractivity contribution is 5.96. The van der Waals surface area contributed by atoms with E-state index < -0.39 is 41.1 Å². The third kappa shape index (κ3) is 4.61. The van der Waals surface area contributed by atoms with E-state index >= 15 is 0 Å². The molecule has 2 aromatic carbocycles. The van der Waals surface area contributed by atoms with Crippen LogP contribution in [0, 0.1) is 11.8 Å². The van der Waals surface area contributed by atoms with E-state index in [4.69, 9.17) is 14.6 Å². The summed E-state index contributed by atoms with van der Waals surface area (Å²) < 4.78 is 50.6. The number of alkyl halides is 3. The number of anilines is 1. The summed E-state index contributed by atoms with van der Waals surface area (Å²) in [6.45, 7) is 0. The molecule has 9 heteroatoms. The number of carbonyl (C=O) groups is 2. The van der Waals surface area contributed by atoms with Crippen molar-refractivity contribution in [3.8, 4) is 17.2 Å². The van der Waals surface area contributed by atoms with Gasteiger partial charge in [-0.3, -0.25) is 9.59 Å². The Morgan fingerprint density at radius 2 is 1.59 bits per heavy atom. The van der Waals surface area contributed by atoms with Gasteiger partial charge in [0.2, 0.25) is 5.91 Å². The molecule has 0 heterocycles. The van der Waals surface area contributed by atoms with Crippen molar-refractivity contribution in [3.05, 3.63) is 48.0 Å². The van der Waals surface area contributed by atoms with Gasteiger partial charge in [-0.1, -0.05) is 0 Å². The summed E-state index contributed by atoms with van der Waals surface area (Å²) in [4.78, 5) is 23.4. The fourth-order valence-corrected chi connectivity index (χ4v) is 3.05. The monoisotopic (exact) mass is 409 g/mol. The minimum absolute atomic E-state index is 0.0851. The van der Waals surface area contributed by atoms with E-state index in [2.05, 4.69) is 5.32 Å². The first-order valence-corrected chi connectivity index (χ1v) is 8.76. The van der Waals surface area contributed by atoms with Crippen LogP contribution in [0.1, 0.15) is 18.4 Å². The summed E-state index contributed by atoms with van der Waals surface area (Å²) >= 11 is 0. The van der Waals surface area contributed by atoms with Crippen LogP contribution in [0.5, 0.6) is 17.2 Å². The molecule has 2 aromatic rings. The Hall–Kier alpha value is -3.23. The number of rotatable bonds is 6. The van der Waals surface area contributed by atoms with E-state index in [1.807, 2.05) is 0 Å². The van der Waals surface area contributed by atoms with Gasteiger partial charge in [0.15, 0.2) is 0 Å². The number of hydrogen-bond acceptors (Lipinski definition) is 4. The van der Waals surface area contributed by atoms with Gasteiger partial charge < -0.3 is 19.9 Å². The van der Waals surface area contributed by atoms with Crippen LogP contribution in [0.25, 0.3) is 0 Å². The molecule has 0 bridgehead atoms. The highest BCUT2D eigenvalue weighted by Crippen LogP contribution is 2.40. The van der Waals surface area contributed by atoms with Crippen molar-refractivity contribution in [1.29, 1.82) is 0 Å². The fourth-order valence-electron chi connectivity index (χ4n) is 3.05. The second-order valence-electron chi connectivity index (χ2n) is 6.60. The number of hydrogen-bond donors (Lipinski definition) is 2. The number of carboxylic acids is 1. The van der Waals surface area contributed by atoms with Gasteiger partial charge in [0.1, 0.15) is 17.2 Å². The molecule has 0 spiro atoms. The number of methoxy groups -OCH3 is 1. The van der Waals surface area contributed by atoms with Crippen molar-refractivity contribution >= 4 is 17.6 Å². The number of ether oxygens (including phenoxy) is 2. The van der Waals surface area contributed by atoms with Gasteiger partial charge in [-0.25, -0.2) is 0 Å². The number of halogens is 3. The van der Waals surface area contributed by atoms with Crippen molar-refractivity contribution in [2.24, 2.45) is 11.8 Å². The quantitative estimate of drug-likeness (QED) is 0.731. The molecule has 0 aromatic heterocycles. The molecule has 2 unspecified atom stereocenters. The lowest BCUT2D eigenvalue weighted by Gasteiger charge is -2.32. The molecule has 1 amide bonds. The van der Waals surface area contributed by atoms with Crippen LogP contribution in [0.15, 0.2) is 42.5 Å². The smallest absolute Gasteiger partial charge is 0.418 e. The van der Waals surface area contributed by atoms with E-state index in [9.17, 15) is 22.8 Å². The highest BCUT2D eigenvalue weighted by atomic mass is 19.4. The lowest BCUT2D eigenvalue weighted by Crippen LogP contribution is -2.41. The molecule has 6 nitrogen and oxygen atoms in total. The molecule has 0 aliphatic heterocycles. The van der Waals surface area contributed by atoms with Crippen LogP contribution in [0.2, 0.25) is 0 Å². The maximum Gasteiger partial charge on any atom is 0.418 e. The Morgan fingerprint density at radius 3 is 2.10 bits per heavy atom. The second-order valence-corrected chi connectivity index (χ2v) is 6.60. The first-order valence-electron chi connectivity index (χ1n) is 8.76. The Morgan fingerprint density at radius 1 is 1.00 bits per heavy atom. The molecule has 2 N–H and O–H groups in total. The maximum absolute atomic E-state index is 13.3. The maximum atomic E-state index is 13.3. The Labute approximate surface area is 164 Å². The lowest BCUT2D eigenvalue weighted by atomic mass is 9.73. The van der Waals surface area contributed by atoms with Crippen molar-refractivity contribution in [1.82, 2.24) is 0 Å². The highest BCUT2D eigenvalue weighted by Gasteiger charge is 2.42. The summed E-state index contributed by atoms with van der Waals surface area (Å²) in [5.41, 5.74) is -1.52. The topological polar surface area (TPSA) is 84.9 Å². The number of benzene rings is 2. The normalized spacial score (nSPS) is 18.5. The second kappa shape index (κ2) is 8.02. The lowest BCUT2D eigenvalue weighted by molar-refractivity contribution is -0.151. The largest absolute Gasteiger partial charge is 0.497 e. The van der Waals surface area contributed by atoms with Gasteiger partial charge in [0.05, 0.1) is 30.2 Å². The summed E-state index contributed by atoms with van der Waals surface area (Å²) in [6, 6.07) is 9.45. The third-order valence-corrected chi connectivity index (χ3v) is 4.78. The SMILES string of the molecule is COc1ccc(Oc2ccc(C(F)(F)F)c(NC(=O)C3CCC3C(=O)O)c2)cc1. The molecule has 1 aliphatic carbocycles. The average Bonchev–Trinajstić information content (AvgIpc) is 2.60. The Kier molecular flexibility index (Phi) is 5.67. The average molecular weight is 409 g/mol. The van der Waals surface area contributed by atoms with Gasteiger partial charge in [-0.15, -0.1) is 0 Å². The van der Waals surface area contributed by atoms with Crippen LogP contribution in [0.4, 0.5) is 18.9 Å². The van der Waals surface area contributed by atoms with Crippen LogP contribution in [-0.2, 0) is 15.8 Å². The van der Waals surface area contributed by atoms with Gasteiger partial charge in [-0.05, 0) is 49.2 Å². The first-order chi connectivity index (χ1) is 13.7. The molecule has 29 heavy (non-hydrogen) atoms. The number of carbonyl (C=O) groups excluding carboxylic acids is 1. The molecule has 0 radical (unpaired) electrons. The molecular weight excluding hydrogens is 391 g/mol. The van der Waals surface area contributed by atoms with E-state index in [1.165, 1.54) is 7.11 Å². The molecule has 1 aliphatic rings. The fraction of sp³-hybridized carbons (Fsp3) is 0.300. The predicted octanol–water partition coefficient (Wildman–Crippen LogP) is 4.56.